The molecule has 1 unspecified atom stereocenters. The summed E-state index contributed by atoms with van der Waals surface area (Å²) in [6, 6.07) is 0. The van der Waals surface area contributed by atoms with Gasteiger partial charge in [0, 0.05) is 12.8 Å². The molecule has 0 saturated heterocycles. The Morgan fingerprint density at radius 3 is 1.29 bits per heavy atom. The van der Waals surface area contributed by atoms with Gasteiger partial charge in [0.2, 0.25) is 0 Å². The predicted molar refractivity (Wildman–Crippen MR) is 251 cm³/mol. The molecular formula is C53H92O5. The normalized spacial score (nSPS) is 12.8. The number of hydrogen-bond donors (Lipinski definition) is 0. The molecule has 58 heavy (non-hydrogen) atoms. The maximum Gasteiger partial charge on any atom is 0.306 e. The Balaban J connectivity index is 4.35. The van der Waals surface area contributed by atoms with Gasteiger partial charge in [0.25, 0.3) is 0 Å². The summed E-state index contributed by atoms with van der Waals surface area (Å²) in [5, 5.41) is 0. The lowest BCUT2D eigenvalue weighted by atomic mass is 10.0. The molecule has 0 radical (unpaired) electrons. The minimum atomic E-state index is -0.578. The summed E-state index contributed by atoms with van der Waals surface area (Å²) in [6.45, 7) is 7.47. The first-order valence-corrected chi connectivity index (χ1v) is 24.5. The number of rotatable bonds is 44. The number of allylic oxidation sites excluding steroid dienone is 11. The molecule has 0 aliphatic heterocycles. The number of carbonyl (C=O) groups is 2. The summed E-state index contributed by atoms with van der Waals surface area (Å²) >= 11 is 0. The van der Waals surface area contributed by atoms with Crippen LogP contribution < -0.4 is 0 Å². The molecule has 1 atom stereocenters. The maximum absolute atomic E-state index is 12.7. The maximum atomic E-state index is 12.7. The molecule has 0 aliphatic rings. The van der Waals surface area contributed by atoms with Gasteiger partial charge in [0.15, 0.2) is 6.10 Å². The summed E-state index contributed by atoms with van der Waals surface area (Å²) in [5.74, 6) is -0.446. The van der Waals surface area contributed by atoms with Gasteiger partial charge >= 0.3 is 11.9 Å². The minimum absolute atomic E-state index is 0.0523. The molecule has 0 aromatic rings. The summed E-state index contributed by atoms with van der Waals surface area (Å²) in [4.78, 5) is 25.3. The number of carbonyl (C=O) groups excluding carboxylic acids is 2. The van der Waals surface area contributed by atoms with Gasteiger partial charge in [-0.05, 0) is 70.6 Å². The van der Waals surface area contributed by atoms with Crippen LogP contribution in [0.4, 0.5) is 0 Å². The van der Waals surface area contributed by atoms with Crippen molar-refractivity contribution in [2.24, 2.45) is 0 Å². The van der Waals surface area contributed by atoms with Gasteiger partial charge in [-0.25, -0.2) is 0 Å². The van der Waals surface area contributed by atoms with Gasteiger partial charge < -0.3 is 14.2 Å². The van der Waals surface area contributed by atoms with Crippen molar-refractivity contribution >= 4 is 11.9 Å². The largest absolute Gasteiger partial charge is 0.462 e. The van der Waals surface area contributed by atoms with Crippen molar-refractivity contribution < 1.29 is 23.8 Å². The predicted octanol–water partition coefficient (Wildman–Crippen LogP) is 16.3. The van der Waals surface area contributed by atoms with Gasteiger partial charge in [-0.3, -0.25) is 9.59 Å². The molecule has 334 valence electrons. The van der Waals surface area contributed by atoms with E-state index in [4.69, 9.17) is 14.2 Å². The lowest BCUT2D eigenvalue weighted by molar-refractivity contribution is -0.162. The second kappa shape index (κ2) is 48.7. The first kappa shape index (κ1) is 55.3. The van der Waals surface area contributed by atoms with Crippen molar-refractivity contribution in [1.82, 2.24) is 0 Å². The quantitative estimate of drug-likeness (QED) is 0.0348. The fourth-order valence-corrected chi connectivity index (χ4v) is 6.61. The molecule has 0 aromatic heterocycles. The van der Waals surface area contributed by atoms with E-state index in [-0.39, 0.29) is 25.2 Å². The lowest BCUT2D eigenvalue weighted by Crippen LogP contribution is -2.30. The number of ether oxygens (including phenoxy) is 3. The Labute approximate surface area is 359 Å². The topological polar surface area (TPSA) is 61.8 Å². The van der Waals surface area contributed by atoms with Crippen LogP contribution in [0.2, 0.25) is 0 Å². The van der Waals surface area contributed by atoms with E-state index in [1.165, 1.54) is 116 Å². The molecule has 0 spiro atoms. The van der Waals surface area contributed by atoms with E-state index in [0.29, 0.717) is 19.4 Å². The molecule has 0 aromatic carbocycles. The molecule has 0 N–H and O–H groups in total. The molecule has 0 bridgehead atoms. The highest BCUT2D eigenvalue weighted by Gasteiger charge is 2.17. The van der Waals surface area contributed by atoms with Gasteiger partial charge in [0.05, 0.1) is 13.2 Å². The standard InChI is InChI=1S/C53H92O5/c1-4-7-10-13-16-19-22-24-26-28-30-33-36-39-42-45-48-56-49-51(58-53(55)47-44-41-38-35-31-21-18-15-12-9-6-3)50-57-52(54)46-43-40-37-34-32-29-27-25-23-20-17-14-11-8-5-2/h7,10,15-16,18-19,24,26,30,33,39,42,51H,4-6,8-9,11-14,17,20-23,25,27-29,31-32,34-38,40-41,43-50H2,1-3H3/b10-7-,18-15-,19-16-,26-24-,33-30-,42-39-. The molecule has 0 aliphatic carbocycles. The first-order valence-electron chi connectivity index (χ1n) is 24.5. The minimum Gasteiger partial charge on any atom is -0.462 e. The molecule has 5 heteroatoms. The van der Waals surface area contributed by atoms with Crippen LogP contribution in [-0.4, -0.2) is 37.9 Å². The second-order valence-electron chi connectivity index (χ2n) is 16.0. The molecule has 0 saturated carbocycles. The van der Waals surface area contributed by atoms with E-state index < -0.39 is 6.10 Å². The van der Waals surface area contributed by atoms with Crippen molar-refractivity contribution in [3.05, 3.63) is 72.9 Å². The molecular weight excluding hydrogens is 717 g/mol. The third-order valence-corrected chi connectivity index (χ3v) is 10.2. The van der Waals surface area contributed by atoms with Crippen LogP contribution in [0.5, 0.6) is 0 Å². The zero-order valence-corrected chi connectivity index (χ0v) is 38.3. The van der Waals surface area contributed by atoms with E-state index in [1.807, 2.05) is 0 Å². The zero-order chi connectivity index (χ0) is 42.1. The van der Waals surface area contributed by atoms with Crippen molar-refractivity contribution in [2.45, 2.75) is 232 Å². The third-order valence-electron chi connectivity index (χ3n) is 10.2. The van der Waals surface area contributed by atoms with Crippen molar-refractivity contribution in [3.63, 3.8) is 0 Å². The van der Waals surface area contributed by atoms with Crippen molar-refractivity contribution in [3.8, 4) is 0 Å². The van der Waals surface area contributed by atoms with Crippen LogP contribution in [0.15, 0.2) is 72.9 Å². The fourth-order valence-electron chi connectivity index (χ4n) is 6.61. The van der Waals surface area contributed by atoms with E-state index in [2.05, 4.69) is 93.7 Å². The third kappa shape index (κ3) is 46.0. The summed E-state index contributed by atoms with van der Waals surface area (Å²) in [7, 11) is 0. The molecule has 0 fully saturated rings. The second-order valence-corrected chi connectivity index (χ2v) is 16.0. The summed E-state index contributed by atoms with van der Waals surface area (Å²) < 4.78 is 17.2. The number of hydrogen-bond acceptors (Lipinski definition) is 5. The molecule has 0 heterocycles. The average molecular weight is 809 g/mol. The molecule has 0 rings (SSSR count). The Morgan fingerprint density at radius 2 is 0.793 bits per heavy atom. The van der Waals surface area contributed by atoms with Crippen LogP contribution in [0.1, 0.15) is 226 Å². The van der Waals surface area contributed by atoms with Crippen LogP contribution in [0, 0.1) is 0 Å². The lowest BCUT2D eigenvalue weighted by Gasteiger charge is -2.18. The van der Waals surface area contributed by atoms with Crippen LogP contribution in [0.3, 0.4) is 0 Å². The Kier molecular flexibility index (Phi) is 46.5. The van der Waals surface area contributed by atoms with Crippen molar-refractivity contribution in [2.75, 3.05) is 19.8 Å². The SMILES string of the molecule is CC/C=C\C/C=C\C/C=C\C/C=C\C/C=C\CCOCC(COC(=O)CCCCCCCCCCCCCCCCC)OC(=O)CCCCCCC/C=C\CCCC. The Bertz CT molecular complexity index is 1050. The number of unbranched alkanes of at least 4 members (excludes halogenated alkanes) is 21. The van der Waals surface area contributed by atoms with Crippen LogP contribution in [0.25, 0.3) is 0 Å². The summed E-state index contributed by atoms with van der Waals surface area (Å²) in [6.07, 6.45) is 62.1. The van der Waals surface area contributed by atoms with Crippen molar-refractivity contribution in [1.29, 1.82) is 0 Å². The smallest absolute Gasteiger partial charge is 0.306 e. The monoisotopic (exact) mass is 809 g/mol. The van der Waals surface area contributed by atoms with Gasteiger partial charge in [-0.1, -0.05) is 216 Å². The molecule has 5 nitrogen and oxygen atoms in total. The Morgan fingerprint density at radius 1 is 0.397 bits per heavy atom. The average Bonchev–Trinajstić information content (AvgIpc) is 3.22. The highest BCUT2D eigenvalue weighted by Crippen LogP contribution is 2.15. The fraction of sp³-hybridized carbons (Fsp3) is 0.736. The zero-order valence-electron chi connectivity index (χ0n) is 38.3. The van der Waals surface area contributed by atoms with Crippen LogP contribution >= 0.6 is 0 Å². The van der Waals surface area contributed by atoms with E-state index in [0.717, 1.165) is 77.0 Å². The highest BCUT2D eigenvalue weighted by atomic mass is 16.6. The van der Waals surface area contributed by atoms with E-state index in [9.17, 15) is 9.59 Å². The number of esters is 2. The van der Waals surface area contributed by atoms with Crippen LogP contribution in [-0.2, 0) is 23.8 Å². The van der Waals surface area contributed by atoms with Gasteiger partial charge in [-0.2, -0.15) is 0 Å². The molecule has 0 amide bonds. The van der Waals surface area contributed by atoms with E-state index >= 15 is 0 Å². The van der Waals surface area contributed by atoms with Gasteiger partial charge in [-0.15, -0.1) is 0 Å². The summed E-state index contributed by atoms with van der Waals surface area (Å²) in [5.41, 5.74) is 0. The Hall–Kier alpha value is -2.66. The van der Waals surface area contributed by atoms with E-state index in [1.54, 1.807) is 0 Å². The first-order chi connectivity index (χ1) is 28.6. The van der Waals surface area contributed by atoms with Gasteiger partial charge in [0.1, 0.15) is 6.61 Å². The highest BCUT2D eigenvalue weighted by molar-refractivity contribution is 5.70.